The van der Waals surface area contributed by atoms with E-state index in [0.29, 0.717) is 27.8 Å². The van der Waals surface area contributed by atoms with Gasteiger partial charge in [0.05, 0.1) is 16.3 Å². The van der Waals surface area contributed by atoms with Gasteiger partial charge in [-0.05, 0) is 25.0 Å². The second-order valence-corrected chi connectivity index (χ2v) is 6.40. The number of nitrogens with two attached hydrogens (primary N) is 1. The molecule has 0 spiro atoms. The van der Waals surface area contributed by atoms with Crippen LogP contribution in [0.1, 0.15) is 23.2 Å². The number of carbonyl (C=O) groups excluding carboxylic acids is 1. The maximum absolute atomic E-state index is 12.0. The highest BCUT2D eigenvalue weighted by molar-refractivity contribution is 7.85. The zero-order chi connectivity index (χ0) is 13.1. The molecule has 6 heteroatoms. The summed E-state index contributed by atoms with van der Waals surface area (Å²) in [7, 11) is -0.725. The van der Waals surface area contributed by atoms with Gasteiger partial charge in [-0.1, -0.05) is 17.7 Å². The van der Waals surface area contributed by atoms with Gasteiger partial charge in [-0.25, -0.2) is 0 Å². The van der Waals surface area contributed by atoms with E-state index in [9.17, 15) is 9.00 Å². The predicted octanol–water partition coefficient (Wildman–Crippen LogP) is 1.56. The molecule has 18 heavy (non-hydrogen) atoms. The van der Waals surface area contributed by atoms with Gasteiger partial charge in [0.1, 0.15) is 0 Å². The maximum Gasteiger partial charge on any atom is 0.253 e. The van der Waals surface area contributed by atoms with Crippen molar-refractivity contribution in [2.75, 3.05) is 17.2 Å². The van der Waals surface area contributed by atoms with Gasteiger partial charge in [0, 0.05) is 28.3 Å². The topological polar surface area (TPSA) is 72.2 Å². The Morgan fingerprint density at radius 3 is 2.72 bits per heavy atom. The first kappa shape index (κ1) is 13.4. The quantitative estimate of drug-likeness (QED) is 0.811. The van der Waals surface area contributed by atoms with Crippen LogP contribution in [-0.2, 0) is 10.8 Å². The van der Waals surface area contributed by atoms with Crippen LogP contribution in [0.2, 0.25) is 5.02 Å². The van der Waals surface area contributed by atoms with Crippen LogP contribution in [-0.4, -0.2) is 27.7 Å². The average Bonchev–Trinajstić information content (AvgIpc) is 2.35. The van der Waals surface area contributed by atoms with E-state index in [-0.39, 0.29) is 11.9 Å². The molecule has 3 N–H and O–H groups in total. The number of nitrogen functional groups attached to an aromatic ring is 1. The molecular weight excluding hydrogens is 272 g/mol. The lowest BCUT2D eigenvalue weighted by molar-refractivity contribution is 0.0935. The van der Waals surface area contributed by atoms with Crippen LogP contribution in [0, 0.1) is 0 Å². The van der Waals surface area contributed by atoms with Gasteiger partial charge in [0.25, 0.3) is 5.91 Å². The van der Waals surface area contributed by atoms with Crippen molar-refractivity contribution in [1.29, 1.82) is 0 Å². The van der Waals surface area contributed by atoms with Crippen molar-refractivity contribution in [1.82, 2.24) is 5.32 Å². The van der Waals surface area contributed by atoms with Crippen LogP contribution in [0.15, 0.2) is 18.2 Å². The van der Waals surface area contributed by atoms with Gasteiger partial charge in [0.2, 0.25) is 0 Å². The highest BCUT2D eigenvalue weighted by atomic mass is 35.5. The van der Waals surface area contributed by atoms with E-state index in [1.165, 1.54) is 0 Å². The minimum absolute atomic E-state index is 0.0774. The summed E-state index contributed by atoms with van der Waals surface area (Å²) in [6, 6.07) is 5.08. The Kier molecular flexibility index (Phi) is 4.24. The number of carbonyl (C=O) groups is 1. The van der Waals surface area contributed by atoms with E-state index >= 15 is 0 Å². The number of benzene rings is 1. The zero-order valence-electron chi connectivity index (χ0n) is 9.82. The van der Waals surface area contributed by atoms with E-state index in [2.05, 4.69) is 5.32 Å². The molecule has 1 amide bonds. The molecular formula is C12H15ClN2O2S. The number of hydrogen-bond donors (Lipinski definition) is 2. The van der Waals surface area contributed by atoms with Crippen LogP contribution >= 0.6 is 11.6 Å². The average molecular weight is 287 g/mol. The number of halogens is 1. The Morgan fingerprint density at radius 2 is 2.06 bits per heavy atom. The standard InChI is InChI=1S/C12H15ClN2O2S/c13-10-3-1-2-9(11(10)14)12(16)15-8-4-6-18(17)7-5-8/h1-3,8H,4-7,14H2,(H,15,16). The first-order valence-corrected chi connectivity index (χ1v) is 7.64. The first-order chi connectivity index (χ1) is 8.58. The molecule has 0 aromatic heterocycles. The molecule has 1 aliphatic rings. The molecule has 2 rings (SSSR count). The molecule has 0 radical (unpaired) electrons. The summed E-state index contributed by atoms with van der Waals surface area (Å²) in [6.07, 6.45) is 1.50. The van der Waals surface area contributed by atoms with Crippen molar-refractivity contribution in [2.45, 2.75) is 18.9 Å². The van der Waals surface area contributed by atoms with Crippen molar-refractivity contribution in [3.05, 3.63) is 28.8 Å². The van der Waals surface area contributed by atoms with E-state index in [1.54, 1.807) is 18.2 Å². The highest BCUT2D eigenvalue weighted by Crippen LogP contribution is 2.22. The summed E-state index contributed by atoms with van der Waals surface area (Å²) in [5, 5.41) is 3.29. The fourth-order valence-electron chi connectivity index (χ4n) is 1.94. The molecule has 1 heterocycles. The third-order valence-electron chi connectivity index (χ3n) is 3.02. The normalized spacial score (nSPS) is 23.6. The van der Waals surface area contributed by atoms with E-state index in [4.69, 9.17) is 17.3 Å². The van der Waals surface area contributed by atoms with Gasteiger partial charge in [-0.2, -0.15) is 0 Å². The Hall–Kier alpha value is -1.07. The van der Waals surface area contributed by atoms with E-state index < -0.39 is 10.8 Å². The van der Waals surface area contributed by atoms with Crippen molar-refractivity contribution >= 4 is 34.0 Å². The first-order valence-electron chi connectivity index (χ1n) is 5.77. The van der Waals surface area contributed by atoms with Crippen molar-refractivity contribution in [3.63, 3.8) is 0 Å². The van der Waals surface area contributed by atoms with Crippen molar-refractivity contribution < 1.29 is 9.00 Å². The summed E-state index contributed by atoms with van der Waals surface area (Å²) in [4.78, 5) is 12.0. The van der Waals surface area contributed by atoms with Gasteiger partial charge in [-0.15, -0.1) is 0 Å². The Bertz CT molecular complexity index is 483. The van der Waals surface area contributed by atoms with Crippen LogP contribution in [0.4, 0.5) is 5.69 Å². The SMILES string of the molecule is Nc1c(Cl)cccc1C(=O)NC1CCS(=O)CC1. The molecule has 4 nitrogen and oxygen atoms in total. The predicted molar refractivity (Wildman–Crippen MR) is 74.2 cm³/mol. The molecule has 0 aliphatic carbocycles. The number of nitrogens with one attached hydrogen (secondary N) is 1. The van der Waals surface area contributed by atoms with Gasteiger partial charge in [0.15, 0.2) is 0 Å². The second kappa shape index (κ2) is 5.71. The minimum Gasteiger partial charge on any atom is -0.397 e. The zero-order valence-corrected chi connectivity index (χ0v) is 11.4. The molecule has 1 saturated heterocycles. The largest absolute Gasteiger partial charge is 0.397 e. The smallest absolute Gasteiger partial charge is 0.253 e. The number of rotatable bonds is 2. The molecule has 0 atom stereocenters. The molecule has 1 aliphatic heterocycles. The monoisotopic (exact) mass is 286 g/mol. The van der Waals surface area contributed by atoms with E-state index in [0.717, 1.165) is 12.8 Å². The highest BCUT2D eigenvalue weighted by Gasteiger charge is 2.21. The number of para-hydroxylation sites is 1. The summed E-state index contributed by atoms with van der Waals surface area (Å²) in [5.74, 6) is 1.08. The fourth-order valence-corrected chi connectivity index (χ4v) is 3.41. The number of amides is 1. The minimum atomic E-state index is -0.725. The third kappa shape index (κ3) is 3.03. The van der Waals surface area contributed by atoms with Gasteiger partial charge < -0.3 is 11.1 Å². The second-order valence-electron chi connectivity index (χ2n) is 4.30. The Labute approximate surface area is 113 Å². The molecule has 0 unspecified atom stereocenters. The molecule has 98 valence electrons. The number of hydrogen-bond acceptors (Lipinski definition) is 3. The maximum atomic E-state index is 12.0. The Balaban J connectivity index is 2.03. The lowest BCUT2D eigenvalue weighted by atomic mass is 10.1. The molecule has 1 aromatic carbocycles. The summed E-state index contributed by atoms with van der Waals surface area (Å²) in [5.41, 5.74) is 6.47. The molecule has 1 aromatic rings. The summed E-state index contributed by atoms with van der Waals surface area (Å²) >= 11 is 5.87. The van der Waals surface area contributed by atoms with Crippen molar-refractivity contribution in [3.8, 4) is 0 Å². The van der Waals surface area contributed by atoms with Crippen LogP contribution in [0.25, 0.3) is 0 Å². The number of anilines is 1. The van der Waals surface area contributed by atoms with Gasteiger partial charge in [-0.3, -0.25) is 9.00 Å². The molecule has 0 bridgehead atoms. The van der Waals surface area contributed by atoms with Crippen LogP contribution in [0.5, 0.6) is 0 Å². The fraction of sp³-hybridized carbons (Fsp3) is 0.417. The van der Waals surface area contributed by atoms with Crippen molar-refractivity contribution in [2.24, 2.45) is 0 Å². The summed E-state index contributed by atoms with van der Waals surface area (Å²) in [6.45, 7) is 0. The lowest BCUT2D eigenvalue weighted by Crippen LogP contribution is -2.39. The Morgan fingerprint density at radius 1 is 1.39 bits per heavy atom. The van der Waals surface area contributed by atoms with E-state index in [1.807, 2.05) is 0 Å². The molecule has 0 saturated carbocycles. The van der Waals surface area contributed by atoms with Crippen LogP contribution in [0.3, 0.4) is 0 Å². The van der Waals surface area contributed by atoms with Crippen LogP contribution < -0.4 is 11.1 Å². The third-order valence-corrected chi connectivity index (χ3v) is 4.73. The van der Waals surface area contributed by atoms with Gasteiger partial charge >= 0.3 is 0 Å². The molecule has 1 fully saturated rings. The lowest BCUT2D eigenvalue weighted by Gasteiger charge is -2.22. The summed E-state index contributed by atoms with van der Waals surface area (Å²) < 4.78 is 11.2.